The molecule has 18 heavy (non-hydrogen) atoms. The first kappa shape index (κ1) is 13.5. The number of rotatable bonds is 1. The normalized spacial score (nSPS) is 20.8. The summed E-state index contributed by atoms with van der Waals surface area (Å²) < 4.78 is 12.6. The molecule has 94 valence electrons. The Morgan fingerprint density at radius 2 is 1.83 bits per heavy atom. The minimum absolute atomic E-state index is 0.330. The Bertz CT molecular complexity index is 509. The van der Waals surface area contributed by atoms with Crippen LogP contribution in [0, 0.1) is 11.3 Å². The average Bonchev–Trinajstić information content (AvgIpc) is 2.48. The van der Waals surface area contributed by atoms with Crippen molar-refractivity contribution in [1.29, 1.82) is 5.26 Å². The van der Waals surface area contributed by atoms with Gasteiger partial charge in [-0.15, -0.1) is 0 Å². The van der Waals surface area contributed by atoms with Gasteiger partial charge < -0.3 is 9.31 Å². The minimum atomic E-state index is -0.561. The SMILES string of the molecule is CC1(C)OB(c2cc(Br)cnc2C#N)OC1(C)C. The van der Waals surface area contributed by atoms with E-state index in [9.17, 15) is 0 Å². The summed E-state index contributed by atoms with van der Waals surface area (Å²) in [6, 6.07) is 3.88. The molecule has 0 spiro atoms. The highest BCUT2D eigenvalue weighted by molar-refractivity contribution is 9.10. The third kappa shape index (κ3) is 2.18. The van der Waals surface area contributed by atoms with Gasteiger partial charge in [-0.05, 0) is 49.7 Å². The standard InChI is InChI=1S/C12H14BBrN2O2/c1-11(2)12(3,4)18-13(17-11)9-5-8(14)7-16-10(9)6-15/h5,7H,1-4H3. The van der Waals surface area contributed by atoms with E-state index in [1.807, 2.05) is 33.8 Å². The van der Waals surface area contributed by atoms with E-state index in [1.54, 1.807) is 6.20 Å². The third-order valence-corrected chi connectivity index (χ3v) is 3.93. The van der Waals surface area contributed by atoms with E-state index in [2.05, 4.69) is 27.0 Å². The smallest absolute Gasteiger partial charge is 0.399 e. The molecule has 1 aromatic rings. The van der Waals surface area contributed by atoms with Crippen molar-refractivity contribution in [3.8, 4) is 6.07 Å². The van der Waals surface area contributed by atoms with Crippen molar-refractivity contribution in [3.63, 3.8) is 0 Å². The van der Waals surface area contributed by atoms with Gasteiger partial charge in [0.2, 0.25) is 0 Å². The Morgan fingerprint density at radius 1 is 1.28 bits per heavy atom. The summed E-state index contributed by atoms with van der Waals surface area (Å²) in [6.45, 7) is 7.91. The van der Waals surface area contributed by atoms with Gasteiger partial charge in [0.05, 0.1) is 11.2 Å². The van der Waals surface area contributed by atoms with Crippen LogP contribution in [-0.4, -0.2) is 23.3 Å². The molecule has 6 heteroatoms. The molecular weight excluding hydrogens is 295 g/mol. The second kappa shape index (κ2) is 4.34. The van der Waals surface area contributed by atoms with Crippen LogP contribution < -0.4 is 5.46 Å². The van der Waals surface area contributed by atoms with Crippen molar-refractivity contribution >= 4 is 28.5 Å². The number of hydrogen-bond acceptors (Lipinski definition) is 4. The molecule has 2 rings (SSSR count). The van der Waals surface area contributed by atoms with Gasteiger partial charge >= 0.3 is 7.12 Å². The lowest BCUT2D eigenvalue weighted by molar-refractivity contribution is 0.00578. The van der Waals surface area contributed by atoms with Gasteiger partial charge in [0, 0.05) is 16.1 Å². The van der Waals surface area contributed by atoms with Crippen molar-refractivity contribution in [1.82, 2.24) is 4.98 Å². The number of hydrogen-bond donors (Lipinski definition) is 0. The van der Waals surface area contributed by atoms with E-state index in [0.717, 1.165) is 4.47 Å². The van der Waals surface area contributed by atoms with Crippen LogP contribution in [0.25, 0.3) is 0 Å². The molecule has 1 aromatic heterocycles. The fraction of sp³-hybridized carbons (Fsp3) is 0.500. The molecule has 0 unspecified atom stereocenters. The number of nitriles is 1. The summed E-state index contributed by atoms with van der Waals surface area (Å²) in [6.07, 6.45) is 1.59. The molecule has 4 nitrogen and oxygen atoms in total. The fourth-order valence-corrected chi connectivity index (χ4v) is 2.05. The molecule has 0 aromatic carbocycles. The maximum absolute atomic E-state index is 9.09. The van der Waals surface area contributed by atoms with E-state index in [0.29, 0.717) is 11.2 Å². The largest absolute Gasteiger partial charge is 0.497 e. The topological polar surface area (TPSA) is 55.1 Å². The maximum atomic E-state index is 9.09. The maximum Gasteiger partial charge on any atom is 0.497 e. The van der Waals surface area contributed by atoms with Gasteiger partial charge in [0.1, 0.15) is 11.8 Å². The van der Waals surface area contributed by atoms with Crippen molar-refractivity contribution in [3.05, 3.63) is 22.4 Å². The molecule has 0 saturated carbocycles. The number of pyridine rings is 1. The van der Waals surface area contributed by atoms with E-state index >= 15 is 0 Å². The second-order valence-electron chi connectivity index (χ2n) is 5.29. The number of nitrogens with zero attached hydrogens (tertiary/aromatic N) is 2. The quantitative estimate of drug-likeness (QED) is 0.745. The van der Waals surface area contributed by atoms with Gasteiger partial charge in [0.25, 0.3) is 0 Å². The Labute approximate surface area is 116 Å². The molecule has 0 atom stereocenters. The van der Waals surface area contributed by atoms with E-state index in [1.165, 1.54) is 0 Å². The molecule has 1 aliphatic heterocycles. The Balaban J connectivity index is 2.41. The summed E-state index contributed by atoms with van der Waals surface area (Å²) in [4.78, 5) is 4.07. The van der Waals surface area contributed by atoms with Crippen LogP contribution >= 0.6 is 15.9 Å². The van der Waals surface area contributed by atoms with Crippen LogP contribution in [0.15, 0.2) is 16.7 Å². The summed E-state index contributed by atoms with van der Waals surface area (Å²) in [5, 5.41) is 9.09. The zero-order valence-electron chi connectivity index (χ0n) is 10.8. The monoisotopic (exact) mass is 308 g/mol. The van der Waals surface area contributed by atoms with E-state index in [-0.39, 0.29) is 0 Å². The first-order valence-electron chi connectivity index (χ1n) is 5.68. The van der Waals surface area contributed by atoms with E-state index < -0.39 is 18.3 Å². The van der Waals surface area contributed by atoms with Crippen LogP contribution in [0.1, 0.15) is 33.4 Å². The molecule has 0 N–H and O–H groups in total. The zero-order valence-corrected chi connectivity index (χ0v) is 12.4. The summed E-state index contributed by atoms with van der Waals surface area (Å²) in [5.74, 6) is 0. The lowest BCUT2D eigenvalue weighted by atomic mass is 9.78. The van der Waals surface area contributed by atoms with Gasteiger partial charge in [-0.25, -0.2) is 4.98 Å². The molecular formula is C12H14BBrN2O2. The summed E-state index contributed by atoms with van der Waals surface area (Å²) >= 11 is 3.35. The molecule has 1 fully saturated rings. The van der Waals surface area contributed by atoms with Crippen molar-refractivity contribution in [2.45, 2.75) is 38.9 Å². The summed E-state index contributed by atoms with van der Waals surface area (Å²) in [7, 11) is -0.561. The van der Waals surface area contributed by atoms with Gasteiger partial charge in [-0.2, -0.15) is 5.26 Å². The van der Waals surface area contributed by atoms with E-state index in [4.69, 9.17) is 14.6 Å². The fourth-order valence-electron chi connectivity index (χ4n) is 1.70. The first-order chi connectivity index (χ1) is 8.27. The number of halogens is 1. The number of aromatic nitrogens is 1. The molecule has 0 bridgehead atoms. The Kier molecular flexibility index (Phi) is 3.26. The predicted molar refractivity (Wildman–Crippen MR) is 72.4 cm³/mol. The van der Waals surface area contributed by atoms with Crippen LogP contribution in [0.3, 0.4) is 0 Å². The van der Waals surface area contributed by atoms with Gasteiger partial charge in [0.15, 0.2) is 0 Å². The zero-order chi connectivity index (χ0) is 13.6. The van der Waals surface area contributed by atoms with Crippen molar-refractivity contribution < 1.29 is 9.31 Å². The van der Waals surface area contributed by atoms with Crippen LogP contribution in [0.5, 0.6) is 0 Å². The average molecular weight is 309 g/mol. The highest BCUT2D eigenvalue weighted by Crippen LogP contribution is 2.36. The highest BCUT2D eigenvalue weighted by atomic mass is 79.9. The predicted octanol–water partition coefficient (Wildman–Crippen LogP) is 2.01. The van der Waals surface area contributed by atoms with Gasteiger partial charge in [-0.3, -0.25) is 0 Å². The second-order valence-corrected chi connectivity index (χ2v) is 6.21. The van der Waals surface area contributed by atoms with Gasteiger partial charge in [-0.1, -0.05) is 0 Å². The van der Waals surface area contributed by atoms with Crippen LogP contribution in [-0.2, 0) is 9.31 Å². The molecule has 1 aliphatic rings. The Hall–Kier alpha value is -0.895. The molecule has 1 saturated heterocycles. The molecule has 0 amide bonds. The van der Waals surface area contributed by atoms with Crippen molar-refractivity contribution in [2.75, 3.05) is 0 Å². The first-order valence-corrected chi connectivity index (χ1v) is 6.47. The molecule has 0 aliphatic carbocycles. The molecule has 2 heterocycles. The summed E-state index contributed by atoms with van der Waals surface area (Å²) in [5.41, 5.74) is 0.140. The highest BCUT2D eigenvalue weighted by Gasteiger charge is 2.52. The Morgan fingerprint density at radius 3 is 2.33 bits per heavy atom. The lowest BCUT2D eigenvalue weighted by Crippen LogP contribution is -2.41. The van der Waals surface area contributed by atoms with Crippen molar-refractivity contribution in [2.24, 2.45) is 0 Å². The molecule has 0 radical (unpaired) electrons. The lowest BCUT2D eigenvalue weighted by Gasteiger charge is -2.32. The van der Waals surface area contributed by atoms with Crippen LogP contribution in [0.4, 0.5) is 0 Å². The van der Waals surface area contributed by atoms with Crippen LogP contribution in [0.2, 0.25) is 0 Å². The minimum Gasteiger partial charge on any atom is -0.399 e. The third-order valence-electron chi connectivity index (χ3n) is 3.50.